The first-order valence-electron chi connectivity index (χ1n) is 9.24. The number of nitrogens with zero attached hydrogens (tertiary/aromatic N) is 4. The molecule has 1 unspecified atom stereocenters. The highest BCUT2D eigenvalue weighted by Gasteiger charge is 2.56. The normalized spacial score (nSPS) is 27.3. The summed E-state index contributed by atoms with van der Waals surface area (Å²) in [6.45, 7) is 2.59. The molecule has 0 aliphatic carbocycles. The topological polar surface area (TPSA) is 159 Å². The van der Waals surface area contributed by atoms with Crippen molar-refractivity contribution < 1.29 is 28.3 Å². The van der Waals surface area contributed by atoms with E-state index in [1.54, 1.807) is 14.0 Å². The second-order valence-electron chi connectivity index (χ2n) is 7.05. The van der Waals surface area contributed by atoms with E-state index in [9.17, 15) is 9.90 Å². The highest BCUT2D eigenvalue weighted by Crippen LogP contribution is 2.43. The number of imidazole rings is 1. The number of aliphatic hydroxyl groups excluding tert-OH is 1. The third-order valence-electron chi connectivity index (χ3n) is 4.86. The Bertz CT molecular complexity index is 993. The molecule has 6 atom stereocenters. The van der Waals surface area contributed by atoms with Crippen LogP contribution < -0.4 is 16.1 Å². The molecule has 0 saturated carbocycles. The zero-order valence-electron chi connectivity index (χ0n) is 17.3. The van der Waals surface area contributed by atoms with Gasteiger partial charge < -0.3 is 25.6 Å². The predicted octanol–water partition coefficient (Wildman–Crippen LogP) is 0.378. The van der Waals surface area contributed by atoms with E-state index in [4.69, 9.17) is 26.8 Å². The van der Waals surface area contributed by atoms with Crippen molar-refractivity contribution in [2.24, 2.45) is 0 Å². The van der Waals surface area contributed by atoms with Gasteiger partial charge in [0.1, 0.15) is 24.9 Å². The molecule has 0 spiro atoms. The summed E-state index contributed by atoms with van der Waals surface area (Å²) in [4.78, 5) is 23.9. The molecule has 2 aromatic rings. The minimum Gasteiger partial charge on any atom is -0.468 e. The quantitative estimate of drug-likeness (QED) is 0.307. The lowest BCUT2D eigenvalue weighted by atomic mass is 9.98. The highest BCUT2D eigenvalue weighted by molar-refractivity contribution is 8.02. The molecule has 1 saturated heterocycles. The van der Waals surface area contributed by atoms with Gasteiger partial charge >= 0.3 is 13.0 Å². The molecule has 31 heavy (non-hydrogen) atoms. The predicted molar refractivity (Wildman–Crippen MR) is 114 cm³/mol. The van der Waals surface area contributed by atoms with Gasteiger partial charge in [-0.1, -0.05) is 5.09 Å². The van der Waals surface area contributed by atoms with Crippen LogP contribution in [0.15, 0.2) is 6.33 Å². The number of anilines is 2. The average molecular weight is 476 g/mol. The summed E-state index contributed by atoms with van der Waals surface area (Å²) < 4.78 is 32.7. The van der Waals surface area contributed by atoms with Crippen LogP contribution in [-0.2, 0) is 30.6 Å². The number of esters is 1. The lowest BCUT2D eigenvalue weighted by molar-refractivity contribution is -0.142. The smallest absolute Gasteiger partial charge is 0.440 e. The summed E-state index contributed by atoms with van der Waals surface area (Å²) in [5.41, 5.74) is 4.17. The van der Waals surface area contributed by atoms with Crippen LogP contribution in [0.4, 0.5) is 16.2 Å². The van der Waals surface area contributed by atoms with E-state index in [0.29, 0.717) is 11.3 Å². The summed E-state index contributed by atoms with van der Waals surface area (Å²) >= 11 is 5.17. The zero-order valence-corrected chi connectivity index (χ0v) is 19.0. The van der Waals surface area contributed by atoms with Crippen molar-refractivity contribution in [2.45, 2.75) is 44.0 Å². The van der Waals surface area contributed by atoms with Gasteiger partial charge in [0.2, 0.25) is 17.8 Å². The number of nitrogens with two attached hydrogens (primary N) is 1. The van der Waals surface area contributed by atoms with Crippen molar-refractivity contribution in [3.05, 3.63) is 6.33 Å². The molecule has 2 aromatic heterocycles. The number of methoxy groups -OCH3 is 1. The number of nitrogens with one attached hydrogen (secondary N) is 2. The number of rotatable bonds is 8. The lowest BCUT2D eigenvalue weighted by Gasteiger charge is -2.24. The molecule has 0 bridgehead atoms. The molecule has 3 heterocycles. The van der Waals surface area contributed by atoms with Crippen molar-refractivity contribution in [3.63, 3.8) is 0 Å². The number of ether oxygens (including phenoxy) is 2. The fourth-order valence-electron chi connectivity index (χ4n) is 3.20. The van der Waals surface area contributed by atoms with Gasteiger partial charge in [-0.15, -0.1) is 4.52 Å². The molecule has 1 fully saturated rings. The maximum absolute atomic E-state index is 15.5. The SMILES string of the molecule is CNc1nc(N)nc2c1ncn2[C@@H]1O[C@H](CO[P+](=S)N[C@@H](C)C(=O)OC)[C@@H](O)[C@@]1(C)F. The minimum absolute atomic E-state index is 0.0276. The Kier molecular flexibility index (Phi) is 6.98. The highest BCUT2D eigenvalue weighted by atomic mass is 32.4. The lowest BCUT2D eigenvalue weighted by Crippen LogP contribution is -2.40. The number of alkyl halides is 1. The fraction of sp³-hybridized carbons (Fsp3) is 0.625. The number of aromatic nitrogens is 4. The number of hydrogen-bond acceptors (Lipinski definition) is 11. The van der Waals surface area contributed by atoms with Crippen molar-refractivity contribution in [2.75, 3.05) is 31.8 Å². The molecule has 1 aliphatic rings. The van der Waals surface area contributed by atoms with Crippen molar-refractivity contribution in [3.8, 4) is 0 Å². The van der Waals surface area contributed by atoms with Gasteiger partial charge in [0.15, 0.2) is 28.9 Å². The van der Waals surface area contributed by atoms with Gasteiger partial charge in [0, 0.05) is 7.05 Å². The molecule has 12 nitrogen and oxygen atoms in total. The molecule has 1 aliphatic heterocycles. The summed E-state index contributed by atoms with van der Waals surface area (Å²) in [5.74, 6) is -0.147. The van der Waals surface area contributed by atoms with Crippen LogP contribution in [0, 0.1) is 0 Å². The molecular formula is C16H24FN7O5PS+. The van der Waals surface area contributed by atoms with Gasteiger partial charge in [-0.3, -0.25) is 9.36 Å². The molecule has 3 rings (SSSR count). The Hall–Kier alpha value is -2.09. The van der Waals surface area contributed by atoms with E-state index in [-0.39, 0.29) is 18.2 Å². The first-order chi connectivity index (χ1) is 14.6. The standard InChI is InChI=1S/C16H24FN7O5PS/c1-7(13(26)27-4)23-30(31)28-5-8-10(25)16(2,17)14(29-8)24-6-20-9-11(19-3)21-15(18)22-12(9)24/h6-8,10,14,25H,5H2,1-4H3,(H,23,31)(H3,18,19,21,22)/q+1/t7-,8+,10+,14+,16+/m0/s1. The van der Waals surface area contributed by atoms with E-state index in [1.165, 1.54) is 24.9 Å². The van der Waals surface area contributed by atoms with Crippen molar-refractivity contribution in [1.29, 1.82) is 0 Å². The number of fused-ring (bicyclic) bond motifs is 1. The van der Waals surface area contributed by atoms with Crippen LogP contribution in [0.25, 0.3) is 11.2 Å². The van der Waals surface area contributed by atoms with Crippen LogP contribution >= 0.6 is 7.07 Å². The molecule has 5 N–H and O–H groups in total. The molecule has 170 valence electrons. The monoisotopic (exact) mass is 476 g/mol. The Morgan fingerprint density at radius 3 is 2.94 bits per heavy atom. The summed E-state index contributed by atoms with van der Waals surface area (Å²) in [7, 11) is 1.24. The van der Waals surface area contributed by atoms with E-state index >= 15 is 4.39 Å². The van der Waals surface area contributed by atoms with E-state index in [1.807, 2.05) is 0 Å². The second kappa shape index (κ2) is 9.18. The van der Waals surface area contributed by atoms with Crippen LogP contribution in [0.2, 0.25) is 0 Å². The maximum Gasteiger partial charge on any atom is 0.440 e. The number of hydrogen-bond donors (Lipinski definition) is 4. The summed E-state index contributed by atoms with van der Waals surface area (Å²) in [5, 5.41) is 16.2. The largest absolute Gasteiger partial charge is 0.468 e. The van der Waals surface area contributed by atoms with Crippen molar-refractivity contribution in [1.82, 2.24) is 24.6 Å². The molecule has 15 heteroatoms. The first kappa shape index (κ1) is 23.6. The first-order valence-corrected chi connectivity index (χ1v) is 11.5. The zero-order chi connectivity index (χ0) is 22.9. The number of carbonyl (C=O) groups is 1. The Balaban J connectivity index is 1.76. The fourth-order valence-corrected chi connectivity index (χ4v) is 4.63. The van der Waals surface area contributed by atoms with Gasteiger partial charge in [-0.05, 0) is 13.8 Å². The van der Waals surface area contributed by atoms with Crippen LogP contribution in [0.1, 0.15) is 20.1 Å². The summed E-state index contributed by atoms with van der Waals surface area (Å²) in [6.07, 6.45) is -2.45. The number of nitrogen functional groups attached to an aromatic ring is 1. The second-order valence-corrected chi connectivity index (χ2v) is 9.08. The van der Waals surface area contributed by atoms with Gasteiger partial charge in [0.25, 0.3) is 0 Å². The van der Waals surface area contributed by atoms with E-state index in [2.05, 4.69) is 30.1 Å². The van der Waals surface area contributed by atoms with Gasteiger partial charge in [-0.25, -0.2) is 9.37 Å². The maximum atomic E-state index is 15.5. The Morgan fingerprint density at radius 2 is 2.29 bits per heavy atom. The van der Waals surface area contributed by atoms with Crippen LogP contribution in [-0.4, -0.2) is 75.3 Å². The average Bonchev–Trinajstić information content (AvgIpc) is 3.23. The van der Waals surface area contributed by atoms with Gasteiger partial charge in [0.05, 0.1) is 13.4 Å². The van der Waals surface area contributed by atoms with Crippen molar-refractivity contribution >= 4 is 47.8 Å². The number of aliphatic hydroxyl groups is 1. The Labute approximate surface area is 183 Å². The molecule has 0 amide bonds. The van der Waals surface area contributed by atoms with Crippen LogP contribution in [0.5, 0.6) is 0 Å². The number of halogens is 1. The molecule has 0 radical (unpaired) electrons. The van der Waals surface area contributed by atoms with Gasteiger partial charge in [-0.2, -0.15) is 9.97 Å². The van der Waals surface area contributed by atoms with E-state index in [0.717, 1.165) is 0 Å². The van der Waals surface area contributed by atoms with Crippen LogP contribution in [0.3, 0.4) is 0 Å². The minimum atomic E-state index is -2.20. The Morgan fingerprint density at radius 1 is 1.58 bits per heavy atom. The van der Waals surface area contributed by atoms with E-state index < -0.39 is 43.2 Å². The third kappa shape index (κ3) is 4.59. The molecule has 0 aromatic carbocycles. The number of carbonyl (C=O) groups excluding carboxylic acids is 1. The third-order valence-corrected chi connectivity index (χ3v) is 6.47. The molecular weight excluding hydrogens is 452 g/mol. The summed E-state index contributed by atoms with van der Waals surface area (Å²) in [6, 6.07) is -0.675.